The lowest BCUT2D eigenvalue weighted by atomic mass is 9.67. The number of hydrogen-bond donors (Lipinski definition) is 0. The van der Waals surface area contributed by atoms with Crippen LogP contribution in [0.25, 0.3) is 82.8 Å². The van der Waals surface area contributed by atoms with Crippen molar-refractivity contribution in [2.24, 2.45) is 0 Å². The maximum atomic E-state index is 6.34. The van der Waals surface area contributed by atoms with Crippen LogP contribution in [0, 0.1) is 0 Å². The van der Waals surface area contributed by atoms with Crippen molar-refractivity contribution in [2.45, 2.75) is 24.7 Å². The van der Waals surface area contributed by atoms with Gasteiger partial charge >= 0.3 is 0 Å². The van der Waals surface area contributed by atoms with E-state index in [1.165, 1.54) is 83.0 Å². The van der Waals surface area contributed by atoms with E-state index in [-0.39, 0.29) is 5.41 Å². The molecule has 0 saturated heterocycles. The zero-order valence-corrected chi connectivity index (χ0v) is 40.6. The minimum atomic E-state index is -0.503. The van der Waals surface area contributed by atoms with Crippen molar-refractivity contribution in [3.05, 3.63) is 288 Å². The van der Waals surface area contributed by atoms with E-state index in [9.17, 15) is 0 Å². The van der Waals surface area contributed by atoms with E-state index in [1.54, 1.807) is 0 Å². The van der Waals surface area contributed by atoms with Crippen LogP contribution >= 0.6 is 0 Å². The van der Waals surface area contributed by atoms with Gasteiger partial charge in [-0.1, -0.05) is 184 Å². The lowest BCUT2D eigenvalue weighted by molar-refractivity contribution is 0.660. The molecular weight excluding hydrogens is 885 g/mol. The summed E-state index contributed by atoms with van der Waals surface area (Å²) < 4.78 is 8.77. The first-order valence-corrected chi connectivity index (χ1v) is 25.4. The van der Waals surface area contributed by atoms with Crippen LogP contribution in [0.15, 0.2) is 259 Å². The van der Waals surface area contributed by atoms with Crippen molar-refractivity contribution in [1.82, 2.24) is 4.57 Å². The van der Waals surface area contributed by atoms with Crippen molar-refractivity contribution < 1.29 is 4.42 Å². The van der Waals surface area contributed by atoms with Gasteiger partial charge in [-0.25, -0.2) is 0 Å². The summed E-state index contributed by atoms with van der Waals surface area (Å²) in [4.78, 5) is 2.41. The Morgan fingerprint density at radius 1 is 0.342 bits per heavy atom. The Balaban J connectivity index is 0.899. The van der Waals surface area contributed by atoms with Crippen molar-refractivity contribution in [2.75, 3.05) is 4.90 Å². The number of rotatable bonds is 7. The summed E-state index contributed by atoms with van der Waals surface area (Å²) in [6.45, 7) is 4.71. The number of benzene rings is 11. The highest BCUT2D eigenvalue weighted by atomic mass is 16.3. The molecular formula is C70H48N2O. The Labute approximate surface area is 424 Å². The molecule has 0 fully saturated rings. The molecule has 0 N–H and O–H groups in total. The molecule has 0 saturated carbocycles. The van der Waals surface area contributed by atoms with Gasteiger partial charge in [0.05, 0.1) is 16.4 Å². The van der Waals surface area contributed by atoms with Gasteiger partial charge in [-0.3, -0.25) is 0 Å². The molecule has 11 aromatic carbocycles. The van der Waals surface area contributed by atoms with E-state index in [0.717, 1.165) is 50.3 Å². The standard InChI is InChI=1S/C70H48N2O/c1-69(2)61-25-13-9-21-53(61)56-37-35-52(44-64(56)69)71(51-36-40-68-60(43-51)57-24-12-16-28-67(57)73-68)50-33-29-45(30-34-50)46-31-38-65-58(41-46)59-42-48(32-39-66(59)72(65)49-19-7-4-8-20-49)70(47-17-5-3-6-18-47)62-26-14-10-22-54(62)55-23-11-15-27-63(55)70/h3-44H,1-2H3. The molecule has 344 valence electrons. The van der Waals surface area contributed by atoms with E-state index in [4.69, 9.17) is 4.42 Å². The third kappa shape index (κ3) is 6.00. The fourth-order valence-corrected chi connectivity index (χ4v) is 12.9. The maximum Gasteiger partial charge on any atom is 0.135 e. The molecule has 2 aromatic heterocycles. The Kier molecular flexibility index (Phi) is 8.92. The number of fused-ring (bicyclic) bond motifs is 12. The van der Waals surface area contributed by atoms with Crippen molar-refractivity contribution in [3.8, 4) is 39.1 Å². The number of furan rings is 1. The zero-order chi connectivity index (χ0) is 48.4. The summed E-state index contributed by atoms with van der Waals surface area (Å²) in [6.07, 6.45) is 0. The molecule has 2 heterocycles. The van der Waals surface area contributed by atoms with Crippen LogP contribution in [0.1, 0.15) is 47.2 Å². The Bertz CT molecular complexity index is 4300. The van der Waals surface area contributed by atoms with Crippen molar-refractivity contribution >= 4 is 60.8 Å². The van der Waals surface area contributed by atoms with Gasteiger partial charge in [-0.15, -0.1) is 0 Å². The fourth-order valence-electron chi connectivity index (χ4n) is 12.9. The first kappa shape index (κ1) is 41.6. The molecule has 73 heavy (non-hydrogen) atoms. The zero-order valence-electron chi connectivity index (χ0n) is 40.6. The molecule has 3 heteroatoms. The third-order valence-corrected chi connectivity index (χ3v) is 16.3. The third-order valence-electron chi connectivity index (χ3n) is 16.3. The van der Waals surface area contributed by atoms with Crippen molar-refractivity contribution in [3.63, 3.8) is 0 Å². The van der Waals surface area contributed by atoms with Crippen LogP contribution in [0.5, 0.6) is 0 Å². The average Bonchev–Trinajstić information content (AvgIpc) is 4.16. The van der Waals surface area contributed by atoms with Crippen LogP contribution in [0.3, 0.4) is 0 Å². The number of nitrogens with zero attached hydrogens (tertiary/aromatic N) is 2. The maximum absolute atomic E-state index is 6.34. The topological polar surface area (TPSA) is 21.3 Å². The summed E-state index contributed by atoms with van der Waals surface area (Å²) >= 11 is 0. The molecule has 3 nitrogen and oxygen atoms in total. The SMILES string of the molecule is CC1(C)c2ccccc2-c2ccc(N(c3ccc(-c4ccc5c(c4)c4cc(C6(c7ccccc7)c7ccccc7-c7ccccc76)ccc4n5-c4ccccc4)cc3)c3ccc4oc5ccccc5c4c3)cc21. The molecule has 0 unspecified atom stereocenters. The van der Waals surface area contributed by atoms with Gasteiger partial charge in [0.2, 0.25) is 0 Å². The van der Waals surface area contributed by atoms with Gasteiger partial charge < -0.3 is 13.9 Å². The fraction of sp³-hybridized carbons (Fsp3) is 0.0571. The van der Waals surface area contributed by atoms with E-state index in [2.05, 4.69) is 272 Å². The second-order valence-electron chi connectivity index (χ2n) is 20.4. The van der Waals surface area contributed by atoms with Gasteiger partial charge in [0.25, 0.3) is 0 Å². The highest BCUT2D eigenvalue weighted by molar-refractivity contribution is 6.11. The van der Waals surface area contributed by atoms with E-state index in [1.807, 2.05) is 6.07 Å². The molecule has 0 radical (unpaired) electrons. The summed E-state index contributed by atoms with van der Waals surface area (Å²) in [5.41, 5.74) is 23.3. The van der Waals surface area contributed by atoms with Crippen LogP contribution < -0.4 is 4.90 Å². The normalized spacial score (nSPS) is 13.8. The molecule has 13 aromatic rings. The summed E-state index contributed by atoms with van der Waals surface area (Å²) in [5.74, 6) is 0. The van der Waals surface area contributed by atoms with Gasteiger partial charge in [-0.05, 0) is 152 Å². The summed E-state index contributed by atoms with van der Waals surface area (Å²) in [6, 6.07) is 94.2. The molecule has 0 bridgehead atoms. The lowest BCUT2D eigenvalue weighted by Gasteiger charge is -2.34. The van der Waals surface area contributed by atoms with E-state index in [0.29, 0.717) is 0 Å². The quantitative estimate of drug-likeness (QED) is 0.159. The van der Waals surface area contributed by atoms with Crippen LogP contribution in [0.2, 0.25) is 0 Å². The van der Waals surface area contributed by atoms with Crippen LogP contribution in [-0.2, 0) is 10.8 Å². The van der Waals surface area contributed by atoms with E-state index < -0.39 is 5.41 Å². The van der Waals surface area contributed by atoms with Crippen LogP contribution in [0.4, 0.5) is 17.1 Å². The van der Waals surface area contributed by atoms with Crippen molar-refractivity contribution in [1.29, 1.82) is 0 Å². The number of hydrogen-bond acceptors (Lipinski definition) is 2. The average molecular weight is 933 g/mol. The first-order valence-electron chi connectivity index (χ1n) is 25.4. The Morgan fingerprint density at radius 3 is 1.62 bits per heavy atom. The molecule has 2 aliphatic carbocycles. The Hall–Kier alpha value is -9.18. The molecule has 0 spiro atoms. The van der Waals surface area contributed by atoms with Gasteiger partial charge in [0.1, 0.15) is 11.2 Å². The number of anilines is 3. The van der Waals surface area contributed by atoms with E-state index >= 15 is 0 Å². The smallest absolute Gasteiger partial charge is 0.135 e. The predicted octanol–water partition coefficient (Wildman–Crippen LogP) is 18.5. The second kappa shape index (κ2) is 15.7. The minimum Gasteiger partial charge on any atom is -0.456 e. The number of aromatic nitrogens is 1. The molecule has 2 aliphatic rings. The highest BCUT2D eigenvalue weighted by Crippen LogP contribution is 2.57. The molecule has 0 atom stereocenters. The molecule has 0 amide bonds. The first-order chi connectivity index (χ1) is 35.9. The minimum absolute atomic E-state index is 0.139. The summed E-state index contributed by atoms with van der Waals surface area (Å²) in [7, 11) is 0. The largest absolute Gasteiger partial charge is 0.456 e. The Morgan fingerprint density at radius 2 is 0.877 bits per heavy atom. The van der Waals surface area contributed by atoms with Gasteiger partial charge in [0, 0.05) is 49.7 Å². The predicted molar refractivity (Wildman–Crippen MR) is 303 cm³/mol. The van der Waals surface area contributed by atoms with Crippen LogP contribution in [-0.4, -0.2) is 4.57 Å². The number of para-hydroxylation sites is 2. The molecule has 0 aliphatic heterocycles. The molecule has 15 rings (SSSR count). The van der Waals surface area contributed by atoms with Gasteiger partial charge in [-0.2, -0.15) is 0 Å². The second-order valence-corrected chi connectivity index (χ2v) is 20.4. The summed E-state index contributed by atoms with van der Waals surface area (Å²) in [5, 5.41) is 4.66. The lowest BCUT2D eigenvalue weighted by Crippen LogP contribution is -2.28. The monoisotopic (exact) mass is 932 g/mol. The van der Waals surface area contributed by atoms with Gasteiger partial charge in [0.15, 0.2) is 0 Å². The highest BCUT2D eigenvalue weighted by Gasteiger charge is 2.46.